The Morgan fingerprint density at radius 1 is 1.05 bits per heavy atom. The number of carbonyl (C=O) groups excluding carboxylic acids is 1. The molecular formula is C16H31FeNO. The molecule has 2 aliphatic rings. The van der Waals surface area contributed by atoms with Crippen molar-refractivity contribution in [2.24, 2.45) is 5.92 Å². The summed E-state index contributed by atoms with van der Waals surface area (Å²) in [6.07, 6.45) is 14.4. The molecule has 0 heterocycles. The van der Waals surface area contributed by atoms with Crippen LogP contribution in [0.25, 0.3) is 0 Å². The molecule has 0 spiro atoms. The van der Waals surface area contributed by atoms with E-state index in [0.717, 1.165) is 25.7 Å². The molecule has 0 bridgehead atoms. The van der Waals surface area contributed by atoms with Gasteiger partial charge in [0.15, 0.2) is 0 Å². The van der Waals surface area contributed by atoms with Gasteiger partial charge in [-0.05, 0) is 26.2 Å². The summed E-state index contributed by atoms with van der Waals surface area (Å²) in [4.78, 5) is 11.6. The summed E-state index contributed by atoms with van der Waals surface area (Å²) in [6, 6.07) is 0.359. The molecule has 2 saturated carbocycles. The monoisotopic (exact) mass is 309 g/mol. The second-order valence-corrected chi connectivity index (χ2v) is 5.95. The summed E-state index contributed by atoms with van der Waals surface area (Å²) < 4.78 is 0. The first kappa shape index (κ1) is 19.0. The minimum Gasteiger partial charge on any atom is -0.353 e. The summed E-state index contributed by atoms with van der Waals surface area (Å²) >= 11 is 0. The zero-order valence-electron chi connectivity index (χ0n) is 12.7. The van der Waals surface area contributed by atoms with Gasteiger partial charge in [0.05, 0.1) is 0 Å². The van der Waals surface area contributed by atoms with Gasteiger partial charge in [-0.2, -0.15) is 0 Å². The van der Waals surface area contributed by atoms with Gasteiger partial charge in [-0.3, -0.25) is 4.79 Å². The molecule has 2 nitrogen and oxygen atoms in total. The van der Waals surface area contributed by atoms with E-state index in [-0.39, 0.29) is 17.1 Å². The van der Waals surface area contributed by atoms with Gasteiger partial charge in [0.1, 0.15) is 0 Å². The fraction of sp³-hybridized carbons (Fsp3) is 0.938. The van der Waals surface area contributed by atoms with Crippen LogP contribution in [0, 0.1) is 5.92 Å². The first-order valence-corrected chi connectivity index (χ1v) is 8.04. The van der Waals surface area contributed by atoms with Crippen molar-refractivity contribution < 1.29 is 21.9 Å². The van der Waals surface area contributed by atoms with Gasteiger partial charge in [0.25, 0.3) is 0 Å². The number of hydrogen-bond acceptors (Lipinski definition) is 1. The molecular weight excluding hydrogens is 278 g/mol. The Morgan fingerprint density at radius 3 is 1.95 bits per heavy atom. The summed E-state index contributed by atoms with van der Waals surface area (Å²) in [5.74, 6) is 0.609. The Kier molecular flexibility index (Phi) is 11.8. The predicted molar refractivity (Wildman–Crippen MR) is 77.6 cm³/mol. The topological polar surface area (TPSA) is 29.1 Å². The standard InChI is InChI=1S/C11H21NO.C5H10.Fe/c1-3-6-9(2)12-11(13)10-7-4-5-8-10;1-2-4-5-3-1;/h9-10H,3-8H2,1-2H3,(H,12,13);1-5H2;. The number of amides is 1. The van der Waals surface area contributed by atoms with Crippen molar-refractivity contribution in [1.82, 2.24) is 5.32 Å². The van der Waals surface area contributed by atoms with Crippen molar-refractivity contribution in [2.75, 3.05) is 0 Å². The predicted octanol–water partition coefficient (Wildman–Crippen LogP) is 4.43. The molecule has 114 valence electrons. The van der Waals surface area contributed by atoms with Crippen LogP contribution in [0.15, 0.2) is 0 Å². The molecule has 0 saturated heterocycles. The van der Waals surface area contributed by atoms with Crippen molar-refractivity contribution >= 4 is 5.91 Å². The fourth-order valence-electron chi connectivity index (χ4n) is 2.94. The van der Waals surface area contributed by atoms with Gasteiger partial charge in [-0.1, -0.05) is 58.3 Å². The molecule has 2 rings (SSSR count). The molecule has 19 heavy (non-hydrogen) atoms. The Hall–Kier alpha value is -0.0105. The van der Waals surface area contributed by atoms with Crippen LogP contribution < -0.4 is 5.32 Å². The Morgan fingerprint density at radius 2 is 1.53 bits per heavy atom. The normalized spacial score (nSPS) is 20.1. The van der Waals surface area contributed by atoms with Crippen LogP contribution in [0.2, 0.25) is 0 Å². The van der Waals surface area contributed by atoms with Gasteiger partial charge in [0, 0.05) is 29.0 Å². The minimum atomic E-state index is 0. The Bertz CT molecular complexity index is 215. The number of hydrogen-bond donors (Lipinski definition) is 1. The molecule has 1 atom stereocenters. The maximum atomic E-state index is 11.6. The van der Waals surface area contributed by atoms with E-state index < -0.39 is 0 Å². The summed E-state index contributed by atoms with van der Waals surface area (Å²) in [5.41, 5.74) is 0. The molecule has 0 radical (unpaired) electrons. The van der Waals surface area contributed by atoms with Crippen LogP contribution >= 0.6 is 0 Å². The van der Waals surface area contributed by atoms with Crippen LogP contribution in [-0.4, -0.2) is 11.9 Å². The molecule has 1 unspecified atom stereocenters. The van der Waals surface area contributed by atoms with Crippen LogP contribution in [0.1, 0.15) is 84.5 Å². The van der Waals surface area contributed by atoms with E-state index >= 15 is 0 Å². The molecule has 0 aromatic rings. The van der Waals surface area contributed by atoms with Crippen LogP contribution in [0.5, 0.6) is 0 Å². The van der Waals surface area contributed by atoms with E-state index in [1.165, 1.54) is 44.9 Å². The first-order valence-electron chi connectivity index (χ1n) is 8.04. The quantitative estimate of drug-likeness (QED) is 0.765. The third-order valence-corrected chi connectivity index (χ3v) is 4.09. The summed E-state index contributed by atoms with van der Waals surface area (Å²) in [6.45, 7) is 4.24. The van der Waals surface area contributed by atoms with Crippen molar-refractivity contribution in [3.05, 3.63) is 0 Å². The van der Waals surface area contributed by atoms with Crippen molar-refractivity contribution in [2.45, 2.75) is 90.5 Å². The third-order valence-electron chi connectivity index (χ3n) is 4.09. The Labute approximate surface area is 130 Å². The molecule has 2 fully saturated rings. The van der Waals surface area contributed by atoms with Gasteiger partial charge in [0.2, 0.25) is 5.91 Å². The van der Waals surface area contributed by atoms with Crippen molar-refractivity contribution in [3.63, 3.8) is 0 Å². The maximum absolute atomic E-state index is 11.6. The van der Waals surface area contributed by atoms with Crippen molar-refractivity contribution in [1.29, 1.82) is 0 Å². The second kappa shape index (κ2) is 11.8. The fourth-order valence-corrected chi connectivity index (χ4v) is 2.94. The Balaban J connectivity index is 0.000000454. The molecule has 0 aromatic carbocycles. The molecule has 0 aliphatic heterocycles. The van der Waals surface area contributed by atoms with E-state index in [9.17, 15) is 4.79 Å². The molecule has 1 N–H and O–H groups in total. The van der Waals surface area contributed by atoms with Gasteiger partial charge < -0.3 is 5.32 Å². The SMILES string of the molecule is C1CCCC1.CCCC(C)NC(=O)C1CCCC1.[Fe]. The first-order chi connectivity index (χ1) is 8.74. The molecule has 0 aromatic heterocycles. The van der Waals surface area contributed by atoms with E-state index in [2.05, 4.69) is 19.2 Å². The average Bonchev–Trinajstić information content (AvgIpc) is 3.06. The van der Waals surface area contributed by atoms with E-state index in [4.69, 9.17) is 0 Å². The van der Waals surface area contributed by atoms with E-state index in [0.29, 0.717) is 17.9 Å². The van der Waals surface area contributed by atoms with Gasteiger partial charge in [-0.15, -0.1) is 0 Å². The van der Waals surface area contributed by atoms with Crippen LogP contribution in [-0.2, 0) is 21.9 Å². The minimum absolute atomic E-state index is 0. The van der Waals surface area contributed by atoms with Crippen LogP contribution in [0.4, 0.5) is 0 Å². The van der Waals surface area contributed by atoms with E-state index in [1.807, 2.05) is 0 Å². The molecule has 1 amide bonds. The average molecular weight is 309 g/mol. The smallest absolute Gasteiger partial charge is 0.223 e. The number of carbonyl (C=O) groups is 1. The summed E-state index contributed by atoms with van der Waals surface area (Å²) in [5, 5.41) is 3.08. The van der Waals surface area contributed by atoms with Crippen LogP contribution in [0.3, 0.4) is 0 Å². The maximum Gasteiger partial charge on any atom is 0.223 e. The zero-order chi connectivity index (χ0) is 13.2. The van der Waals surface area contributed by atoms with Gasteiger partial charge in [-0.25, -0.2) is 0 Å². The number of rotatable bonds is 4. The van der Waals surface area contributed by atoms with Gasteiger partial charge >= 0.3 is 0 Å². The molecule has 2 aliphatic carbocycles. The number of nitrogens with one attached hydrogen (secondary N) is 1. The second-order valence-electron chi connectivity index (χ2n) is 5.95. The zero-order valence-corrected chi connectivity index (χ0v) is 13.8. The third kappa shape index (κ3) is 8.70. The molecule has 3 heteroatoms. The van der Waals surface area contributed by atoms with Crippen molar-refractivity contribution in [3.8, 4) is 0 Å². The van der Waals surface area contributed by atoms with E-state index in [1.54, 1.807) is 0 Å². The summed E-state index contributed by atoms with van der Waals surface area (Å²) in [7, 11) is 0. The largest absolute Gasteiger partial charge is 0.353 e.